The van der Waals surface area contributed by atoms with E-state index in [1.54, 1.807) is 51.7 Å². The molecule has 4 atom stereocenters. The summed E-state index contributed by atoms with van der Waals surface area (Å²) in [6.07, 6.45) is 20.5. The smallest absolute Gasteiger partial charge is 0.366 e. The second-order valence-corrected chi connectivity index (χ2v) is 30.7. The maximum absolute atomic E-state index is 13.4. The molecule has 0 radical (unpaired) electrons. The van der Waals surface area contributed by atoms with E-state index in [9.17, 15) is 36.7 Å². The van der Waals surface area contributed by atoms with Crippen molar-refractivity contribution >= 4 is 106 Å². The van der Waals surface area contributed by atoms with Gasteiger partial charge in [0, 0.05) is 162 Å². The number of halogens is 5. The fraction of sp³-hybridized carbons (Fsp3) is 0.345. The average molecular weight is 1650 g/mol. The van der Waals surface area contributed by atoms with E-state index >= 15 is 0 Å². The molecule has 0 aromatic carbocycles. The third kappa shape index (κ3) is 17.3. The molecule has 0 aliphatic carbocycles. The van der Waals surface area contributed by atoms with Gasteiger partial charge < -0.3 is 35.1 Å². The van der Waals surface area contributed by atoms with Crippen molar-refractivity contribution in [3.8, 4) is 33.8 Å². The molecule has 20 heterocycles. The minimum absolute atomic E-state index is 0. The fourth-order valence-corrected chi connectivity index (χ4v) is 17.0. The highest BCUT2D eigenvalue weighted by atomic mass is 35.5. The van der Waals surface area contributed by atoms with Crippen LogP contribution in [0.15, 0.2) is 171 Å². The highest BCUT2D eigenvalue weighted by Crippen LogP contribution is 2.46. The Hall–Kier alpha value is -13.3. The van der Waals surface area contributed by atoms with Gasteiger partial charge >= 0.3 is 30.3 Å². The second-order valence-electron chi connectivity index (χ2n) is 30.7. The molecular weight excluding hydrogens is 1560 g/mol. The SMILES string of the molecule is Cc1cc(-c2ccc3c(n2)N(C(=O)NCCc2cccnc2)[C@H]2CCN3C2)ccn1.Cc1cc(-c2ccc3c(n2)N(C(=O)Nc2cncc(F)n2)[C@H]2CCN3C2)ccn1.Cc1cc(-c2ccc3c(n2)N(C(=O)Nc2cnn(C)c2)[C@H]2CCCN3C2)ccn1.Cl.O=C(Nc1cnccn1)N1c2nc(N3CCC(C(F)(F)F)CC3)ccc2N2CC[C@H]1C2. The predicted molar refractivity (Wildman–Crippen MR) is 452 cm³/mol. The van der Waals surface area contributed by atoms with Gasteiger partial charge in [-0.25, -0.2) is 44.1 Å². The molecule has 8 amide bonds. The van der Waals surface area contributed by atoms with Crippen LogP contribution >= 0.6 is 12.4 Å². The lowest BCUT2D eigenvalue weighted by Crippen LogP contribution is -2.56. The highest BCUT2D eigenvalue weighted by molar-refractivity contribution is 6.07. The molecule has 8 bridgehead atoms. The van der Waals surface area contributed by atoms with E-state index in [0.717, 1.165) is 182 Å². The third-order valence-corrected chi connectivity index (χ3v) is 22.8. The van der Waals surface area contributed by atoms with E-state index in [1.807, 2.05) is 134 Å². The first-order valence-corrected chi connectivity index (χ1v) is 39.9. The average Bonchev–Trinajstić information content (AvgIpc) is 1.59. The Morgan fingerprint density at radius 3 is 1.39 bits per heavy atom. The van der Waals surface area contributed by atoms with E-state index in [0.29, 0.717) is 41.3 Å². The molecule has 618 valence electrons. The maximum Gasteiger partial charge on any atom is 0.391 e. The number of urea groups is 4. The summed E-state index contributed by atoms with van der Waals surface area (Å²) < 4.78 is 54.1. The summed E-state index contributed by atoms with van der Waals surface area (Å²) in [4.78, 5) is 122. The zero-order valence-electron chi connectivity index (χ0n) is 66.3. The Morgan fingerprint density at radius 1 is 0.450 bits per heavy atom. The second kappa shape index (κ2) is 34.7. The van der Waals surface area contributed by atoms with Gasteiger partial charge in [-0.3, -0.25) is 64.8 Å². The zero-order chi connectivity index (χ0) is 82.0. The van der Waals surface area contributed by atoms with Gasteiger partial charge in [-0.15, -0.1) is 12.4 Å². The van der Waals surface area contributed by atoms with Gasteiger partial charge in [0.05, 0.1) is 100 Å². The number of alkyl halides is 3. The first kappa shape index (κ1) is 80.5. The van der Waals surface area contributed by atoms with Crippen molar-refractivity contribution in [2.75, 3.05) is 132 Å². The number of anilines is 12. The van der Waals surface area contributed by atoms with Gasteiger partial charge in [-0.05, 0) is 169 Å². The Balaban J connectivity index is 0.000000119. The number of amides is 8. The number of rotatable bonds is 10. The predicted octanol–water partition coefficient (Wildman–Crippen LogP) is 13.1. The van der Waals surface area contributed by atoms with Gasteiger partial charge in [0.2, 0.25) is 5.95 Å². The summed E-state index contributed by atoms with van der Waals surface area (Å²) in [7, 11) is 1.83. The summed E-state index contributed by atoms with van der Waals surface area (Å²) in [6.45, 7) is 13.8. The molecular formula is C84H88ClF4N27O4. The number of aromatic nitrogens is 14. The van der Waals surface area contributed by atoms with Crippen LogP contribution in [0.25, 0.3) is 33.8 Å². The number of aryl methyl sites for hydroxylation is 4. The van der Waals surface area contributed by atoms with Gasteiger partial charge in [-0.2, -0.15) is 27.6 Å². The van der Waals surface area contributed by atoms with Crippen molar-refractivity contribution in [3.63, 3.8) is 0 Å². The molecule has 36 heteroatoms. The lowest BCUT2D eigenvalue weighted by atomic mass is 9.96. The minimum Gasteiger partial charge on any atom is -0.366 e. The van der Waals surface area contributed by atoms with Crippen molar-refractivity contribution in [2.45, 2.75) is 102 Å². The number of fused-ring (bicyclic) bond motifs is 16. The topological polar surface area (TPSA) is 318 Å². The summed E-state index contributed by atoms with van der Waals surface area (Å²) >= 11 is 0. The van der Waals surface area contributed by atoms with Crippen molar-refractivity contribution in [3.05, 3.63) is 200 Å². The molecule has 9 aliphatic heterocycles. The molecule has 9 aliphatic rings. The molecule has 4 N–H and O–H groups in total. The number of nitrogens with one attached hydrogen (secondary N) is 4. The number of carbonyl (C=O) groups is 4. The van der Waals surface area contributed by atoms with Crippen LogP contribution in [0.4, 0.5) is 106 Å². The Morgan fingerprint density at radius 2 is 0.917 bits per heavy atom. The third-order valence-electron chi connectivity index (χ3n) is 22.8. The van der Waals surface area contributed by atoms with Gasteiger partial charge in [0.1, 0.15) is 5.82 Å². The molecule has 11 aromatic rings. The summed E-state index contributed by atoms with van der Waals surface area (Å²) in [5, 5.41) is 15.6. The van der Waals surface area contributed by atoms with Crippen LogP contribution in [0.3, 0.4) is 0 Å². The Kier molecular flexibility index (Phi) is 23.3. The molecule has 0 unspecified atom stereocenters. The number of nitrogens with zero attached hydrogens (tertiary/aromatic N) is 23. The Labute approximate surface area is 695 Å². The summed E-state index contributed by atoms with van der Waals surface area (Å²) in [5.41, 5.74) is 13.8. The lowest BCUT2D eigenvalue weighted by Gasteiger charge is -2.45. The van der Waals surface area contributed by atoms with Crippen molar-refractivity contribution in [2.24, 2.45) is 13.0 Å². The van der Waals surface area contributed by atoms with Gasteiger partial charge in [-0.1, -0.05) is 6.07 Å². The summed E-state index contributed by atoms with van der Waals surface area (Å²) in [5.74, 6) is 1.58. The quantitative estimate of drug-likeness (QED) is 0.0924. The molecule has 0 saturated carbocycles. The van der Waals surface area contributed by atoms with Crippen LogP contribution < -0.4 is 65.4 Å². The standard InChI is InChI=1S/C23H24N6O.C21H23N7O.C20H22F3N7O.C20H18FN7O.ClH/c1-16-13-18(7-11-25-16)20-4-5-21-22(27-20)29(19-8-12-28(21)15-19)23(30)26-10-6-17-3-2-9-24-14-17;1-14-10-15(7-8-22-14)18-5-6-19-20(25-18)28(17-4-3-9-27(19)13-17)21(29)24-16-11-23-26(2)12-16;21-20(22,23)13-3-8-28(9-4-13)17-2-1-15-18(27-17)30(14-5-10-29(15)12-14)19(31)26-16-11-24-6-7-25-16;1-12-8-13(4-6-23-12)15-2-3-16-19(24-15)28(14-5-7-27(16)11-14)20(29)26-18-10-22-9-17(21)25-18;/h2-5,7,9,11,13-14,19H,6,8,10,12,15H2,1H3,(H,26,30);5-8,10-12,17H,3-4,9,13H2,1-2H3,(H,24,29);1-2,6-7,11,13-14H,3-5,8-10,12H2,(H,25,26,31);2-4,6,8-10,14H,5,7,11H2,1H3,(H,25,26,29);1H/t19-;17-;2*14-;/m0000./s1. The number of hydrogen-bond acceptors (Lipinski definition) is 22. The molecule has 0 spiro atoms. The van der Waals surface area contributed by atoms with E-state index in [1.165, 1.54) is 24.8 Å². The van der Waals surface area contributed by atoms with Crippen LogP contribution in [-0.4, -0.2) is 196 Å². The Bertz CT molecular complexity index is 5580. The number of hydrogen-bond donors (Lipinski definition) is 4. The lowest BCUT2D eigenvalue weighted by molar-refractivity contribution is -0.179. The van der Waals surface area contributed by atoms with E-state index < -0.39 is 24.1 Å². The molecule has 120 heavy (non-hydrogen) atoms. The number of carbonyl (C=O) groups excluding carboxylic acids is 4. The normalized spacial score (nSPS) is 18.2. The monoisotopic (exact) mass is 1650 g/mol. The summed E-state index contributed by atoms with van der Waals surface area (Å²) in [6, 6.07) is 30.9. The van der Waals surface area contributed by atoms with E-state index in [2.05, 4.69) is 98.0 Å². The van der Waals surface area contributed by atoms with Crippen LogP contribution in [0.1, 0.15) is 67.6 Å². The largest absolute Gasteiger partial charge is 0.391 e. The molecule has 20 rings (SSSR count). The molecule has 11 aromatic heterocycles. The van der Waals surface area contributed by atoms with Gasteiger partial charge in [0.15, 0.2) is 34.9 Å². The molecule has 5 saturated heterocycles. The van der Waals surface area contributed by atoms with Crippen LogP contribution in [0.2, 0.25) is 0 Å². The number of pyridine rings is 8. The van der Waals surface area contributed by atoms with E-state index in [-0.39, 0.29) is 86.4 Å². The van der Waals surface area contributed by atoms with Crippen molar-refractivity contribution in [1.29, 1.82) is 0 Å². The van der Waals surface area contributed by atoms with Crippen LogP contribution in [-0.2, 0) is 13.5 Å². The number of piperidine rings is 2. The van der Waals surface area contributed by atoms with Crippen LogP contribution in [0, 0.1) is 32.6 Å². The molecule has 5 fully saturated rings. The fourth-order valence-electron chi connectivity index (χ4n) is 17.0. The first-order valence-electron chi connectivity index (χ1n) is 39.9. The maximum atomic E-state index is 13.4. The first-order chi connectivity index (χ1) is 57.7. The highest BCUT2D eigenvalue weighted by Gasteiger charge is 2.46. The van der Waals surface area contributed by atoms with Crippen molar-refractivity contribution < 1.29 is 36.7 Å². The zero-order valence-corrected chi connectivity index (χ0v) is 67.1. The van der Waals surface area contributed by atoms with Gasteiger partial charge in [0.25, 0.3) is 0 Å². The van der Waals surface area contributed by atoms with Crippen molar-refractivity contribution in [1.82, 2.24) is 74.9 Å². The van der Waals surface area contributed by atoms with E-state index in [4.69, 9.17) is 19.9 Å². The minimum atomic E-state index is -4.16. The van der Waals surface area contributed by atoms with Crippen LogP contribution in [0.5, 0.6) is 0 Å². The molecule has 31 nitrogen and oxygen atoms in total.